The van der Waals surface area contributed by atoms with Crippen LogP contribution in [0.5, 0.6) is 0 Å². The molecule has 0 aromatic carbocycles. The van der Waals surface area contributed by atoms with Gasteiger partial charge in [-0.1, -0.05) is 0 Å². The SMILES string of the molecule is CC(NC(=O)C(NC(=O)C1CCCN1)C(C)O)C(=O)NC(CCC(=O)O)C(=O)O. The number of carboxylic acids is 2. The fraction of sp³-hybridized carbons (Fsp3) is 0.706. The Labute approximate surface area is 167 Å². The van der Waals surface area contributed by atoms with Crippen LogP contribution in [0.1, 0.15) is 39.5 Å². The molecule has 1 aliphatic heterocycles. The van der Waals surface area contributed by atoms with Gasteiger partial charge in [0.25, 0.3) is 0 Å². The molecule has 0 radical (unpaired) electrons. The summed E-state index contributed by atoms with van der Waals surface area (Å²) in [6.07, 6.45) is -0.599. The maximum absolute atomic E-state index is 12.4. The van der Waals surface area contributed by atoms with Gasteiger partial charge in [0.05, 0.1) is 12.1 Å². The summed E-state index contributed by atoms with van der Waals surface area (Å²) in [4.78, 5) is 58.5. The molecular formula is C17H28N4O8. The maximum atomic E-state index is 12.4. The predicted molar refractivity (Wildman–Crippen MR) is 98.7 cm³/mol. The summed E-state index contributed by atoms with van der Waals surface area (Å²) in [7, 11) is 0. The highest BCUT2D eigenvalue weighted by Gasteiger charge is 2.32. The second-order valence-corrected chi connectivity index (χ2v) is 6.94. The summed E-state index contributed by atoms with van der Waals surface area (Å²) in [6, 6.07) is -4.38. The summed E-state index contributed by atoms with van der Waals surface area (Å²) in [5, 5.41) is 37.4. The van der Waals surface area contributed by atoms with E-state index < -0.39 is 66.4 Å². The fourth-order valence-corrected chi connectivity index (χ4v) is 2.76. The standard InChI is InChI=1S/C17H28N4O8/c1-8(14(25)20-11(17(28)29)5-6-12(23)24)19-16(27)13(9(2)22)21-15(26)10-4-3-7-18-10/h8-11,13,18,22H,3-7H2,1-2H3,(H,19,27)(H,20,25)(H,21,26)(H,23,24)(H,28,29). The molecule has 0 spiro atoms. The molecule has 1 rings (SSSR count). The highest BCUT2D eigenvalue weighted by Crippen LogP contribution is 2.06. The first-order valence-electron chi connectivity index (χ1n) is 9.30. The van der Waals surface area contributed by atoms with Crippen molar-refractivity contribution in [1.29, 1.82) is 0 Å². The van der Waals surface area contributed by atoms with Gasteiger partial charge in [-0.25, -0.2) is 4.79 Å². The van der Waals surface area contributed by atoms with Crippen molar-refractivity contribution in [3.05, 3.63) is 0 Å². The van der Waals surface area contributed by atoms with Gasteiger partial charge in [0, 0.05) is 6.42 Å². The molecule has 164 valence electrons. The van der Waals surface area contributed by atoms with E-state index in [-0.39, 0.29) is 6.42 Å². The molecule has 3 amide bonds. The Morgan fingerprint density at radius 3 is 2.17 bits per heavy atom. The molecule has 1 heterocycles. The van der Waals surface area contributed by atoms with Crippen molar-refractivity contribution in [2.45, 2.75) is 69.8 Å². The molecule has 5 atom stereocenters. The Kier molecular flexibility index (Phi) is 9.48. The first-order valence-corrected chi connectivity index (χ1v) is 9.30. The van der Waals surface area contributed by atoms with E-state index in [1.165, 1.54) is 13.8 Å². The molecule has 1 fully saturated rings. The molecule has 0 aliphatic carbocycles. The molecule has 0 aromatic rings. The minimum Gasteiger partial charge on any atom is -0.481 e. The molecule has 1 saturated heterocycles. The molecule has 12 heteroatoms. The van der Waals surface area contributed by atoms with Crippen LogP contribution in [0.15, 0.2) is 0 Å². The minimum absolute atomic E-state index is 0.322. The van der Waals surface area contributed by atoms with Crippen LogP contribution in [0.3, 0.4) is 0 Å². The normalized spacial score (nSPS) is 20.0. The lowest BCUT2D eigenvalue weighted by atomic mass is 10.1. The lowest BCUT2D eigenvalue weighted by Gasteiger charge is -2.25. The number of carboxylic acid groups (broad SMARTS) is 2. The van der Waals surface area contributed by atoms with Crippen molar-refractivity contribution >= 4 is 29.7 Å². The van der Waals surface area contributed by atoms with Gasteiger partial charge < -0.3 is 36.6 Å². The van der Waals surface area contributed by atoms with Crippen molar-refractivity contribution < 1.29 is 39.3 Å². The number of hydrogen-bond acceptors (Lipinski definition) is 7. The zero-order chi connectivity index (χ0) is 22.1. The van der Waals surface area contributed by atoms with E-state index >= 15 is 0 Å². The van der Waals surface area contributed by atoms with E-state index in [0.29, 0.717) is 13.0 Å². The van der Waals surface area contributed by atoms with Crippen molar-refractivity contribution in [3.8, 4) is 0 Å². The van der Waals surface area contributed by atoms with Gasteiger partial charge >= 0.3 is 11.9 Å². The lowest BCUT2D eigenvalue weighted by molar-refractivity contribution is -0.143. The fourth-order valence-electron chi connectivity index (χ4n) is 2.76. The summed E-state index contributed by atoms with van der Waals surface area (Å²) in [5.41, 5.74) is 0. The van der Waals surface area contributed by atoms with E-state index in [2.05, 4.69) is 21.3 Å². The quantitative estimate of drug-likeness (QED) is 0.191. The van der Waals surface area contributed by atoms with Gasteiger partial charge in [-0.15, -0.1) is 0 Å². The first-order chi connectivity index (χ1) is 13.5. The van der Waals surface area contributed by atoms with Gasteiger partial charge in [0.1, 0.15) is 18.1 Å². The smallest absolute Gasteiger partial charge is 0.326 e. The lowest BCUT2D eigenvalue weighted by Crippen LogP contribution is -2.59. The average molecular weight is 416 g/mol. The second-order valence-electron chi connectivity index (χ2n) is 6.94. The van der Waals surface area contributed by atoms with Gasteiger partial charge in [0.2, 0.25) is 17.7 Å². The number of rotatable bonds is 11. The maximum Gasteiger partial charge on any atom is 0.326 e. The van der Waals surface area contributed by atoms with Gasteiger partial charge in [-0.2, -0.15) is 0 Å². The van der Waals surface area contributed by atoms with Gasteiger partial charge in [0.15, 0.2) is 0 Å². The van der Waals surface area contributed by atoms with Crippen LogP contribution in [-0.2, 0) is 24.0 Å². The van der Waals surface area contributed by atoms with E-state index in [4.69, 9.17) is 10.2 Å². The van der Waals surface area contributed by atoms with Crippen molar-refractivity contribution in [2.75, 3.05) is 6.54 Å². The third-order valence-corrected chi connectivity index (χ3v) is 4.45. The molecule has 0 aromatic heterocycles. The van der Waals surface area contributed by atoms with Gasteiger partial charge in [-0.3, -0.25) is 19.2 Å². The monoisotopic (exact) mass is 416 g/mol. The predicted octanol–water partition coefficient (Wildman–Crippen LogP) is -2.46. The minimum atomic E-state index is -1.43. The van der Waals surface area contributed by atoms with E-state index in [9.17, 15) is 29.1 Å². The Hall–Kier alpha value is -2.73. The Balaban J connectivity index is 2.65. The van der Waals surface area contributed by atoms with E-state index in [1.807, 2.05) is 0 Å². The molecule has 0 bridgehead atoms. The van der Waals surface area contributed by atoms with Crippen molar-refractivity contribution in [3.63, 3.8) is 0 Å². The number of carbonyl (C=O) groups is 5. The summed E-state index contributed by atoms with van der Waals surface area (Å²) in [5.74, 6) is -4.72. The highest BCUT2D eigenvalue weighted by atomic mass is 16.4. The molecule has 5 unspecified atom stereocenters. The zero-order valence-electron chi connectivity index (χ0n) is 16.3. The van der Waals surface area contributed by atoms with Crippen LogP contribution in [0.2, 0.25) is 0 Å². The topological polar surface area (TPSA) is 194 Å². The van der Waals surface area contributed by atoms with Crippen LogP contribution in [-0.4, -0.2) is 81.8 Å². The molecular weight excluding hydrogens is 388 g/mol. The Morgan fingerprint density at radius 1 is 1.03 bits per heavy atom. The van der Waals surface area contributed by atoms with Crippen molar-refractivity contribution in [1.82, 2.24) is 21.3 Å². The zero-order valence-corrected chi connectivity index (χ0v) is 16.3. The number of nitrogens with one attached hydrogen (secondary N) is 4. The molecule has 12 nitrogen and oxygen atoms in total. The van der Waals surface area contributed by atoms with Crippen LogP contribution in [0, 0.1) is 0 Å². The van der Waals surface area contributed by atoms with Crippen LogP contribution in [0.25, 0.3) is 0 Å². The van der Waals surface area contributed by atoms with Crippen LogP contribution < -0.4 is 21.3 Å². The first kappa shape index (κ1) is 24.3. The Bertz CT molecular complexity index is 633. The third-order valence-electron chi connectivity index (χ3n) is 4.45. The van der Waals surface area contributed by atoms with E-state index in [1.54, 1.807) is 0 Å². The summed E-state index contributed by atoms with van der Waals surface area (Å²) in [6.45, 7) is 3.28. The average Bonchev–Trinajstić information content (AvgIpc) is 3.16. The van der Waals surface area contributed by atoms with Crippen LogP contribution in [0.4, 0.5) is 0 Å². The molecule has 7 N–H and O–H groups in total. The molecule has 1 aliphatic rings. The Morgan fingerprint density at radius 2 is 1.69 bits per heavy atom. The van der Waals surface area contributed by atoms with Crippen molar-refractivity contribution in [2.24, 2.45) is 0 Å². The summed E-state index contributed by atoms with van der Waals surface area (Å²) < 4.78 is 0. The van der Waals surface area contributed by atoms with Gasteiger partial charge in [-0.05, 0) is 39.7 Å². The summed E-state index contributed by atoms with van der Waals surface area (Å²) >= 11 is 0. The number of aliphatic hydroxyl groups excluding tert-OH is 1. The molecule has 29 heavy (non-hydrogen) atoms. The number of carbonyl (C=O) groups excluding carboxylic acids is 3. The number of hydrogen-bond donors (Lipinski definition) is 7. The second kappa shape index (κ2) is 11.3. The number of aliphatic carboxylic acids is 2. The van der Waals surface area contributed by atoms with E-state index in [0.717, 1.165) is 6.42 Å². The number of aliphatic hydroxyl groups is 1. The highest BCUT2D eigenvalue weighted by molar-refractivity contribution is 5.94. The van der Waals surface area contributed by atoms with Crippen LogP contribution >= 0.6 is 0 Å². The largest absolute Gasteiger partial charge is 0.481 e. The third kappa shape index (κ3) is 8.03. The molecule has 0 saturated carbocycles. The number of amides is 3.